The summed E-state index contributed by atoms with van der Waals surface area (Å²) < 4.78 is 16.0. The minimum atomic E-state index is -0.360. The van der Waals surface area contributed by atoms with Crippen LogP contribution in [0.5, 0.6) is 0 Å². The zero-order valence-corrected chi connectivity index (χ0v) is 10.2. The van der Waals surface area contributed by atoms with E-state index in [1.165, 1.54) is 0 Å². The highest BCUT2D eigenvalue weighted by atomic mass is 16.7. The standard InChI is InChI=1S/C11H23O5/c1-3-14-11(15-4-2)6-8-16-10(9-13)5-7-12/h10-11,13H,3-9H2,1-2H3/q-1. The van der Waals surface area contributed by atoms with Gasteiger partial charge in [0.25, 0.3) is 0 Å². The number of aliphatic hydroxyl groups excluding tert-OH is 1. The van der Waals surface area contributed by atoms with Crippen molar-refractivity contribution in [1.29, 1.82) is 0 Å². The average molecular weight is 235 g/mol. The Labute approximate surface area is 97.3 Å². The maximum atomic E-state index is 10.4. The smallest absolute Gasteiger partial charge is 0.159 e. The molecule has 0 aliphatic heterocycles. The molecular weight excluding hydrogens is 212 g/mol. The van der Waals surface area contributed by atoms with Crippen LogP contribution in [0.4, 0.5) is 0 Å². The van der Waals surface area contributed by atoms with Gasteiger partial charge in [-0.05, 0) is 20.3 Å². The monoisotopic (exact) mass is 235 g/mol. The Kier molecular flexibility index (Phi) is 11.1. The lowest BCUT2D eigenvalue weighted by Crippen LogP contribution is -2.26. The Morgan fingerprint density at radius 2 is 1.69 bits per heavy atom. The second kappa shape index (κ2) is 11.3. The largest absolute Gasteiger partial charge is 0.854 e. The van der Waals surface area contributed by atoms with Gasteiger partial charge in [-0.2, -0.15) is 0 Å². The molecule has 0 spiro atoms. The minimum Gasteiger partial charge on any atom is -0.854 e. The molecule has 0 radical (unpaired) electrons. The van der Waals surface area contributed by atoms with E-state index in [9.17, 15) is 5.11 Å². The highest BCUT2D eigenvalue weighted by Crippen LogP contribution is 2.04. The molecule has 0 aliphatic carbocycles. The molecule has 5 nitrogen and oxygen atoms in total. The molecule has 1 unspecified atom stereocenters. The van der Waals surface area contributed by atoms with E-state index in [2.05, 4.69) is 0 Å². The molecule has 0 aliphatic rings. The maximum Gasteiger partial charge on any atom is 0.159 e. The molecule has 0 saturated carbocycles. The summed E-state index contributed by atoms with van der Waals surface area (Å²) in [5.74, 6) is 0. The first-order valence-electron chi connectivity index (χ1n) is 5.82. The van der Waals surface area contributed by atoms with Crippen LogP contribution in [0.3, 0.4) is 0 Å². The lowest BCUT2D eigenvalue weighted by molar-refractivity contribution is -0.371. The van der Waals surface area contributed by atoms with Crippen LogP contribution in [0.15, 0.2) is 0 Å². The van der Waals surface area contributed by atoms with Crippen molar-refractivity contribution >= 4 is 0 Å². The second-order valence-electron chi connectivity index (χ2n) is 3.30. The van der Waals surface area contributed by atoms with E-state index < -0.39 is 0 Å². The lowest BCUT2D eigenvalue weighted by Gasteiger charge is -2.20. The first-order valence-corrected chi connectivity index (χ1v) is 5.82. The van der Waals surface area contributed by atoms with Crippen LogP contribution in [0.1, 0.15) is 26.7 Å². The molecule has 0 saturated heterocycles. The van der Waals surface area contributed by atoms with Gasteiger partial charge >= 0.3 is 0 Å². The van der Waals surface area contributed by atoms with Crippen LogP contribution in [0.25, 0.3) is 0 Å². The van der Waals surface area contributed by atoms with E-state index in [1.54, 1.807) is 0 Å². The molecule has 5 heteroatoms. The van der Waals surface area contributed by atoms with Crippen molar-refractivity contribution < 1.29 is 24.4 Å². The highest BCUT2D eigenvalue weighted by Gasteiger charge is 2.10. The molecule has 0 fully saturated rings. The minimum absolute atomic E-state index is 0.115. The molecular formula is C11H23O5-. The van der Waals surface area contributed by atoms with Crippen molar-refractivity contribution in [3.8, 4) is 0 Å². The van der Waals surface area contributed by atoms with Crippen molar-refractivity contribution in [1.82, 2.24) is 0 Å². The van der Waals surface area contributed by atoms with Crippen molar-refractivity contribution in [3.63, 3.8) is 0 Å². The number of hydrogen-bond donors (Lipinski definition) is 1. The summed E-state index contributed by atoms with van der Waals surface area (Å²) in [5.41, 5.74) is 0. The Bertz CT molecular complexity index is 136. The number of ether oxygens (including phenoxy) is 3. The van der Waals surface area contributed by atoms with E-state index in [0.717, 1.165) is 0 Å². The van der Waals surface area contributed by atoms with Crippen molar-refractivity contribution in [2.24, 2.45) is 0 Å². The maximum absolute atomic E-state index is 10.4. The summed E-state index contributed by atoms with van der Waals surface area (Å²) in [6, 6.07) is 0. The molecule has 1 atom stereocenters. The van der Waals surface area contributed by atoms with Crippen LogP contribution < -0.4 is 5.11 Å². The molecule has 0 aromatic carbocycles. The van der Waals surface area contributed by atoms with Gasteiger partial charge in [-0.3, -0.25) is 0 Å². The van der Waals surface area contributed by atoms with Gasteiger partial charge in [0, 0.05) is 19.6 Å². The Morgan fingerprint density at radius 3 is 2.12 bits per heavy atom. The van der Waals surface area contributed by atoms with Gasteiger partial charge in [-0.25, -0.2) is 0 Å². The molecule has 0 aromatic rings. The normalized spacial score (nSPS) is 13.3. The second-order valence-corrected chi connectivity index (χ2v) is 3.30. The number of rotatable bonds is 11. The predicted molar refractivity (Wildman–Crippen MR) is 58.0 cm³/mol. The third kappa shape index (κ3) is 8.01. The van der Waals surface area contributed by atoms with Gasteiger partial charge in [-0.1, -0.05) is 0 Å². The summed E-state index contributed by atoms with van der Waals surface area (Å²) in [4.78, 5) is 0. The third-order valence-electron chi connectivity index (χ3n) is 2.06. The van der Waals surface area contributed by atoms with E-state index in [-0.39, 0.29) is 25.6 Å². The van der Waals surface area contributed by atoms with Crippen LogP contribution >= 0.6 is 0 Å². The predicted octanol–water partition coefficient (Wildman–Crippen LogP) is -0.0965. The van der Waals surface area contributed by atoms with Gasteiger partial charge in [0.15, 0.2) is 6.29 Å². The van der Waals surface area contributed by atoms with E-state index >= 15 is 0 Å². The summed E-state index contributed by atoms with van der Waals surface area (Å²) in [6.07, 6.45) is 0.324. The quantitative estimate of drug-likeness (QED) is 0.506. The first-order chi connectivity index (χ1) is 7.78. The van der Waals surface area contributed by atoms with Crippen LogP contribution in [-0.2, 0) is 14.2 Å². The summed E-state index contributed by atoms with van der Waals surface area (Å²) in [6.45, 7) is 5.07. The number of aliphatic hydroxyl groups is 1. The van der Waals surface area contributed by atoms with Crippen molar-refractivity contribution in [2.45, 2.75) is 39.1 Å². The highest BCUT2D eigenvalue weighted by molar-refractivity contribution is 4.55. The lowest BCUT2D eigenvalue weighted by atomic mass is 10.3. The fourth-order valence-corrected chi connectivity index (χ4v) is 1.28. The van der Waals surface area contributed by atoms with Gasteiger partial charge < -0.3 is 24.4 Å². The molecule has 0 bridgehead atoms. The Morgan fingerprint density at radius 1 is 1.06 bits per heavy atom. The first kappa shape index (κ1) is 15.8. The third-order valence-corrected chi connectivity index (χ3v) is 2.06. The Balaban J connectivity index is 3.65. The molecule has 16 heavy (non-hydrogen) atoms. The fraction of sp³-hybridized carbons (Fsp3) is 1.00. The van der Waals surface area contributed by atoms with Crippen LogP contribution in [-0.4, -0.2) is 50.5 Å². The van der Waals surface area contributed by atoms with Crippen LogP contribution in [0.2, 0.25) is 0 Å². The molecule has 0 heterocycles. The zero-order valence-electron chi connectivity index (χ0n) is 10.2. The van der Waals surface area contributed by atoms with Crippen molar-refractivity contribution in [2.75, 3.05) is 33.0 Å². The number of hydrogen-bond acceptors (Lipinski definition) is 5. The van der Waals surface area contributed by atoms with E-state index in [1.807, 2.05) is 13.8 Å². The SMILES string of the molecule is CCOC(CCOC(CO)CC[O-])OCC. The zero-order chi connectivity index (χ0) is 12.2. The summed E-state index contributed by atoms with van der Waals surface area (Å²) >= 11 is 0. The molecule has 1 N–H and O–H groups in total. The topological polar surface area (TPSA) is 71.0 Å². The molecule has 0 rings (SSSR count). The van der Waals surface area contributed by atoms with Gasteiger partial charge in [0.05, 0.1) is 19.3 Å². The fourth-order valence-electron chi connectivity index (χ4n) is 1.28. The van der Waals surface area contributed by atoms with E-state index in [4.69, 9.17) is 19.3 Å². The van der Waals surface area contributed by atoms with Gasteiger partial charge in [0.2, 0.25) is 0 Å². The summed E-state index contributed by atoms with van der Waals surface area (Å²) in [7, 11) is 0. The van der Waals surface area contributed by atoms with Gasteiger partial charge in [0.1, 0.15) is 0 Å². The molecule has 98 valence electrons. The molecule has 0 aromatic heterocycles. The van der Waals surface area contributed by atoms with E-state index in [0.29, 0.717) is 32.7 Å². The molecule has 0 amide bonds. The summed E-state index contributed by atoms with van der Waals surface area (Å²) in [5, 5.41) is 19.3. The Hall–Kier alpha value is -0.200. The van der Waals surface area contributed by atoms with Crippen LogP contribution in [0, 0.1) is 0 Å². The van der Waals surface area contributed by atoms with Gasteiger partial charge in [-0.15, -0.1) is 6.61 Å². The average Bonchev–Trinajstić information content (AvgIpc) is 2.28. The van der Waals surface area contributed by atoms with Crippen molar-refractivity contribution in [3.05, 3.63) is 0 Å².